The Bertz CT molecular complexity index is 658. The first-order valence-electron chi connectivity index (χ1n) is 5.92. The highest BCUT2D eigenvalue weighted by molar-refractivity contribution is 14.1. The maximum atomic E-state index is 12.2. The third-order valence-corrected chi connectivity index (χ3v) is 3.89. The maximum absolute atomic E-state index is 12.2. The molecular weight excluding hydrogens is 389 g/mol. The first-order valence-corrected chi connectivity index (χ1v) is 7.38. The van der Waals surface area contributed by atoms with Crippen molar-refractivity contribution in [3.8, 4) is 5.75 Å². The average molecular weight is 402 g/mol. The first-order chi connectivity index (χ1) is 9.51. The molecule has 2 aromatic rings. The van der Waals surface area contributed by atoms with Crippen LogP contribution in [0.1, 0.15) is 15.9 Å². The summed E-state index contributed by atoms with van der Waals surface area (Å²) in [6.45, 7) is 1.88. The number of hydrogen-bond acceptors (Lipinski definition) is 2. The monoisotopic (exact) mass is 401 g/mol. The largest absolute Gasteiger partial charge is 0.495 e. The van der Waals surface area contributed by atoms with Gasteiger partial charge in [0.05, 0.1) is 12.8 Å². The number of aryl methyl sites for hydroxylation is 1. The van der Waals surface area contributed by atoms with Gasteiger partial charge < -0.3 is 10.1 Å². The molecule has 1 N–H and O–H groups in total. The van der Waals surface area contributed by atoms with E-state index in [9.17, 15) is 4.79 Å². The average Bonchev–Trinajstić information content (AvgIpc) is 2.42. The summed E-state index contributed by atoms with van der Waals surface area (Å²) in [5.41, 5.74) is 2.09. The smallest absolute Gasteiger partial charge is 0.255 e. The van der Waals surface area contributed by atoms with Crippen LogP contribution >= 0.6 is 34.2 Å². The standard InChI is InChI=1S/C15H13ClINO2/c1-9-6-13(14(20-2)8-12(9)16)18-15(19)10-4-3-5-11(17)7-10/h3-8H,1-2H3,(H,18,19). The SMILES string of the molecule is COc1cc(Cl)c(C)cc1NC(=O)c1cccc(I)c1. The van der Waals surface area contributed by atoms with Gasteiger partial charge in [0, 0.05) is 20.2 Å². The Hall–Kier alpha value is -1.27. The van der Waals surface area contributed by atoms with E-state index in [1.54, 1.807) is 25.3 Å². The van der Waals surface area contributed by atoms with Gasteiger partial charge in [0.25, 0.3) is 5.91 Å². The number of rotatable bonds is 3. The molecule has 0 fully saturated rings. The second kappa shape index (κ2) is 6.45. The number of methoxy groups -OCH3 is 1. The van der Waals surface area contributed by atoms with Crippen molar-refractivity contribution in [3.63, 3.8) is 0 Å². The molecule has 104 valence electrons. The number of anilines is 1. The highest BCUT2D eigenvalue weighted by atomic mass is 127. The van der Waals surface area contributed by atoms with E-state index in [0.29, 0.717) is 22.0 Å². The molecule has 2 aromatic carbocycles. The molecule has 5 heteroatoms. The molecule has 0 unspecified atom stereocenters. The van der Waals surface area contributed by atoms with Crippen LogP contribution in [0.3, 0.4) is 0 Å². The van der Waals surface area contributed by atoms with E-state index in [-0.39, 0.29) is 5.91 Å². The highest BCUT2D eigenvalue weighted by Crippen LogP contribution is 2.31. The molecule has 20 heavy (non-hydrogen) atoms. The second-order valence-electron chi connectivity index (χ2n) is 4.27. The molecule has 0 atom stereocenters. The van der Waals surface area contributed by atoms with Crippen LogP contribution in [0.25, 0.3) is 0 Å². The Morgan fingerprint density at radius 1 is 1.30 bits per heavy atom. The Morgan fingerprint density at radius 2 is 2.05 bits per heavy atom. The third kappa shape index (κ3) is 3.43. The predicted octanol–water partition coefficient (Wildman–Crippen LogP) is 4.51. The van der Waals surface area contributed by atoms with Gasteiger partial charge in [-0.05, 0) is 59.3 Å². The fourth-order valence-corrected chi connectivity index (χ4v) is 2.45. The molecule has 0 bridgehead atoms. The minimum absolute atomic E-state index is 0.177. The number of ether oxygens (including phenoxy) is 1. The Labute approximate surface area is 136 Å². The fraction of sp³-hybridized carbons (Fsp3) is 0.133. The summed E-state index contributed by atoms with van der Waals surface area (Å²) in [7, 11) is 1.54. The molecule has 0 saturated heterocycles. The minimum Gasteiger partial charge on any atom is -0.495 e. The fourth-order valence-electron chi connectivity index (χ4n) is 1.75. The minimum atomic E-state index is -0.177. The van der Waals surface area contributed by atoms with E-state index in [2.05, 4.69) is 27.9 Å². The molecule has 0 saturated carbocycles. The van der Waals surface area contributed by atoms with E-state index >= 15 is 0 Å². The molecule has 0 aliphatic rings. The summed E-state index contributed by atoms with van der Waals surface area (Å²) in [4.78, 5) is 12.2. The zero-order chi connectivity index (χ0) is 14.7. The molecule has 0 radical (unpaired) electrons. The van der Waals surface area contributed by atoms with Crippen LogP contribution in [-0.2, 0) is 0 Å². The molecule has 0 aromatic heterocycles. The van der Waals surface area contributed by atoms with Gasteiger partial charge >= 0.3 is 0 Å². The third-order valence-electron chi connectivity index (χ3n) is 2.82. The van der Waals surface area contributed by atoms with Crippen molar-refractivity contribution in [2.45, 2.75) is 6.92 Å². The summed E-state index contributed by atoms with van der Waals surface area (Å²) in [6, 6.07) is 10.9. The van der Waals surface area contributed by atoms with Crippen LogP contribution in [-0.4, -0.2) is 13.0 Å². The van der Waals surface area contributed by atoms with Crippen molar-refractivity contribution >= 4 is 45.8 Å². The van der Waals surface area contributed by atoms with Crippen molar-refractivity contribution in [2.75, 3.05) is 12.4 Å². The normalized spacial score (nSPS) is 10.2. The van der Waals surface area contributed by atoms with Gasteiger partial charge in [-0.15, -0.1) is 0 Å². The van der Waals surface area contributed by atoms with E-state index in [1.165, 1.54) is 0 Å². The number of amides is 1. The Kier molecular flexibility index (Phi) is 4.88. The lowest BCUT2D eigenvalue weighted by Gasteiger charge is -2.12. The van der Waals surface area contributed by atoms with Gasteiger partial charge in [0.15, 0.2) is 0 Å². The van der Waals surface area contributed by atoms with Crippen molar-refractivity contribution in [3.05, 3.63) is 56.1 Å². The van der Waals surface area contributed by atoms with Crippen LogP contribution < -0.4 is 10.1 Å². The zero-order valence-electron chi connectivity index (χ0n) is 11.0. The summed E-state index contributed by atoms with van der Waals surface area (Å²) in [6.07, 6.45) is 0. The van der Waals surface area contributed by atoms with Gasteiger partial charge in [-0.1, -0.05) is 17.7 Å². The number of benzene rings is 2. The second-order valence-corrected chi connectivity index (χ2v) is 5.92. The number of nitrogens with one attached hydrogen (secondary N) is 1. The van der Waals surface area contributed by atoms with Crippen LogP contribution in [0.4, 0.5) is 5.69 Å². The summed E-state index contributed by atoms with van der Waals surface area (Å²) in [5, 5.41) is 3.45. The molecule has 2 rings (SSSR count). The van der Waals surface area contributed by atoms with Crippen LogP contribution in [0.15, 0.2) is 36.4 Å². The molecule has 3 nitrogen and oxygen atoms in total. The number of hydrogen-bond donors (Lipinski definition) is 1. The van der Waals surface area contributed by atoms with Gasteiger partial charge in [0.2, 0.25) is 0 Å². The molecular formula is C15H13ClINO2. The molecule has 1 amide bonds. The maximum Gasteiger partial charge on any atom is 0.255 e. The Balaban J connectivity index is 2.30. The highest BCUT2D eigenvalue weighted by Gasteiger charge is 2.12. The lowest BCUT2D eigenvalue weighted by molar-refractivity contribution is 0.102. The number of carbonyl (C=O) groups excluding carboxylic acids is 1. The molecule has 0 heterocycles. The van der Waals surface area contributed by atoms with Gasteiger partial charge in [-0.2, -0.15) is 0 Å². The Morgan fingerprint density at radius 3 is 2.70 bits per heavy atom. The first kappa shape index (κ1) is 15.1. The summed E-state index contributed by atoms with van der Waals surface area (Å²) >= 11 is 8.22. The lowest BCUT2D eigenvalue weighted by Crippen LogP contribution is -2.13. The van der Waals surface area contributed by atoms with E-state index < -0.39 is 0 Å². The summed E-state index contributed by atoms with van der Waals surface area (Å²) < 4.78 is 6.25. The predicted molar refractivity (Wildman–Crippen MR) is 89.9 cm³/mol. The topological polar surface area (TPSA) is 38.3 Å². The van der Waals surface area contributed by atoms with Crippen molar-refractivity contribution in [1.29, 1.82) is 0 Å². The van der Waals surface area contributed by atoms with Crippen LogP contribution in [0.2, 0.25) is 5.02 Å². The van der Waals surface area contributed by atoms with Crippen molar-refractivity contribution in [1.82, 2.24) is 0 Å². The number of carbonyl (C=O) groups is 1. The number of halogens is 2. The lowest BCUT2D eigenvalue weighted by atomic mass is 10.1. The van der Waals surface area contributed by atoms with Crippen LogP contribution in [0, 0.1) is 10.5 Å². The zero-order valence-corrected chi connectivity index (χ0v) is 13.9. The van der Waals surface area contributed by atoms with Crippen molar-refractivity contribution < 1.29 is 9.53 Å². The van der Waals surface area contributed by atoms with Gasteiger partial charge in [-0.25, -0.2) is 0 Å². The molecule has 0 aliphatic carbocycles. The van der Waals surface area contributed by atoms with E-state index in [1.807, 2.05) is 25.1 Å². The van der Waals surface area contributed by atoms with E-state index in [4.69, 9.17) is 16.3 Å². The van der Waals surface area contributed by atoms with Crippen molar-refractivity contribution in [2.24, 2.45) is 0 Å². The van der Waals surface area contributed by atoms with E-state index in [0.717, 1.165) is 9.13 Å². The van der Waals surface area contributed by atoms with Gasteiger partial charge in [0.1, 0.15) is 5.75 Å². The summed E-state index contributed by atoms with van der Waals surface area (Å²) in [5.74, 6) is 0.364. The van der Waals surface area contributed by atoms with Crippen LogP contribution in [0.5, 0.6) is 5.75 Å². The molecule has 0 aliphatic heterocycles. The quantitative estimate of drug-likeness (QED) is 0.768. The van der Waals surface area contributed by atoms with Gasteiger partial charge in [-0.3, -0.25) is 4.79 Å². The molecule has 0 spiro atoms.